The molecule has 0 aliphatic carbocycles. The van der Waals surface area contributed by atoms with Crippen LogP contribution in [0.5, 0.6) is 0 Å². The number of aromatic nitrogens is 3. The average Bonchev–Trinajstić information content (AvgIpc) is 3.42. The van der Waals surface area contributed by atoms with Crippen molar-refractivity contribution in [3.63, 3.8) is 0 Å². The van der Waals surface area contributed by atoms with Crippen molar-refractivity contribution in [3.05, 3.63) is 77.2 Å². The third kappa shape index (κ3) is 4.95. The lowest BCUT2D eigenvalue weighted by molar-refractivity contribution is -0.113. The normalized spacial score (nSPS) is 11.5. The smallest absolute Gasteiger partial charge is 0.234 e. The Hall–Kier alpha value is -2.90. The number of aryl methyl sites for hydroxylation is 1. The maximum atomic E-state index is 12.8. The second kappa shape index (κ2) is 9.30. The molecule has 0 fully saturated rings. The van der Waals surface area contributed by atoms with E-state index in [4.69, 9.17) is 0 Å². The van der Waals surface area contributed by atoms with Crippen LogP contribution in [0.25, 0.3) is 16.4 Å². The summed E-state index contributed by atoms with van der Waals surface area (Å²) in [6.45, 7) is 8.49. The molecular formula is C25H26N4OS2. The molecule has 0 aliphatic rings. The molecule has 0 unspecified atom stereocenters. The molecule has 1 amide bonds. The lowest BCUT2D eigenvalue weighted by atomic mass is 9.86. The number of thiophene rings is 1. The van der Waals surface area contributed by atoms with Crippen molar-refractivity contribution in [2.24, 2.45) is 0 Å². The number of hydrogen-bond donors (Lipinski definition) is 1. The van der Waals surface area contributed by atoms with E-state index in [1.165, 1.54) is 17.3 Å². The Morgan fingerprint density at radius 1 is 1.03 bits per heavy atom. The second-order valence-electron chi connectivity index (χ2n) is 8.59. The molecule has 4 rings (SSSR count). The van der Waals surface area contributed by atoms with Crippen molar-refractivity contribution in [1.29, 1.82) is 0 Å². The van der Waals surface area contributed by atoms with Gasteiger partial charge in [-0.1, -0.05) is 74.5 Å². The SMILES string of the molecule is Cc1ccc(-n2c(SCC(=O)Nc3ccccc3C(C)(C)C)nnc2-c2cccs2)cc1. The van der Waals surface area contributed by atoms with Crippen LogP contribution in [-0.2, 0) is 10.2 Å². The van der Waals surface area contributed by atoms with E-state index in [1.54, 1.807) is 11.3 Å². The Morgan fingerprint density at radius 2 is 1.78 bits per heavy atom. The number of para-hydroxylation sites is 1. The van der Waals surface area contributed by atoms with Crippen LogP contribution in [0.1, 0.15) is 31.9 Å². The van der Waals surface area contributed by atoms with Crippen LogP contribution in [0.15, 0.2) is 71.2 Å². The molecule has 0 aliphatic heterocycles. The van der Waals surface area contributed by atoms with Gasteiger partial charge < -0.3 is 5.32 Å². The number of thioether (sulfide) groups is 1. The van der Waals surface area contributed by atoms with E-state index in [0.29, 0.717) is 5.16 Å². The fraction of sp³-hybridized carbons (Fsp3) is 0.240. The summed E-state index contributed by atoms with van der Waals surface area (Å²) < 4.78 is 2.02. The Kier molecular flexibility index (Phi) is 6.48. The van der Waals surface area contributed by atoms with Crippen molar-refractivity contribution in [2.75, 3.05) is 11.1 Å². The molecule has 5 nitrogen and oxygen atoms in total. The van der Waals surface area contributed by atoms with E-state index in [9.17, 15) is 4.79 Å². The molecule has 2 aromatic heterocycles. The molecule has 2 heterocycles. The molecule has 2 aromatic carbocycles. The molecule has 0 atom stereocenters. The van der Waals surface area contributed by atoms with Gasteiger partial charge in [0.2, 0.25) is 5.91 Å². The van der Waals surface area contributed by atoms with Crippen molar-refractivity contribution in [3.8, 4) is 16.4 Å². The monoisotopic (exact) mass is 462 g/mol. The van der Waals surface area contributed by atoms with Gasteiger partial charge in [-0.15, -0.1) is 21.5 Å². The van der Waals surface area contributed by atoms with Crippen molar-refractivity contribution < 1.29 is 4.79 Å². The fourth-order valence-corrected chi connectivity index (χ4v) is 4.87. The van der Waals surface area contributed by atoms with Crippen LogP contribution in [0.2, 0.25) is 0 Å². The summed E-state index contributed by atoms with van der Waals surface area (Å²) in [6.07, 6.45) is 0. The van der Waals surface area contributed by atoms with Crippen LogP contribution in [0.4, 0.5) is 5.69 Å². The van der Waals surface area contributed by atoms with Gasteiger partial charge >= 0.3 is 0 Å². The van der Waals surface area contributed by atoms with Crippen LogP contribution in [0, 0.1) is 6.92 Å². The third-order valence-electron chi connectivity index (χ3n) is 5.01. The lowest BCUT2D eigenvalue weighted by Crippen LogP contribution is -2.20. The molecule has 32 heavy (non-hydrogen) atoms. The molecule has 7 heteroatoms. The van der Waals surface area contributed by atoms with Gasteiger partial charge in [-0.05, 0) is 47.5 Å². The number of nitrogens with one attached hydrogen (secondary N) is 1. The van der Waals surface area contributed by atoms with Crippen LogP contribution < -0.4 is 5.32 Å². The number of anilines is 1. The van der Waals surface area contributed by atoms with E-state index >= 15 is 0 Å². The number of benzene rings is 2. The number of amides is 1. The van der Waals surface area contributed by atoms with Crippen LogP contribution >= 0.6 is 23.1 Å². The largest absolute Gasteiger partial charge is 0.325 e. The highest BCUT2D eigenvalue weighted by Crippen LogP contribution is 2.32. The van der Waals surface area contributed by atoms with Gasteiger partial charge in [0.05, 0.1) is 10.6 Å². The number of rotatable bonds is 6. The highest BCUT2D eigenvalue weighted by Gasteiger charge is 2.20. The summed E-state index contributed by atoms with van der Waals surface area (Å²) in [6, 6.07) is 20.2. The van der Waals surface area contributed by atoms with Crippen molar-refractivity contribution >= 4 is 34.7 Å². The quantitative estimate of drug-likeness (QED) is 0.340. The molecule has 0 saturated carbocycles. The van der Waals surface area contributed by atoms with Crippen molar-refractivity contribution in [2.45, 2.75) is 38.3 Å². The lowest BCUT2D eigenvalue weighted by Gasteiger charge is -2.23. The van der Waals surface area contributed by atoms with Gasteiger partial charge in [0.1, 0.15) is 0 Å². The minimum atomic E-state index is -0.0668. The van der Waals surface area contributed by atoms with Gasteiger partial charge in [-0.3, -0.25) is 9.36 Å². The zero-order valence-electron chi connectivity index (χ0n) is 18.6. The maximum Gasteiger partial charge on any atom is 0.234 e. The second-order valence-corrected chi connectivity index (χ2v) is 10.5. The first-order chi connectivity index (χ1) is 15.3. The third-order valence-corrected chi connectivity index (χ3v) is 6.80. The Balaban J connectivity index is 1.57. The topological polar surface area (TPSA) is 59.8 Å². The molecule has 0 saturated heterocycles. The van der Waals surface area contributed by atoms with E-state index in [2.05, 4.69) is 73.5 Å². The van der Waals surface area contributed by atoms with Gasteiger partial charge in [0, 0.05) is 11.4 Å². The number of carbonyl (C=O) groups is 1. The fourth-order valence-electron chi connectivity index (χ4n) is 3.42. The molecular weight excluding hydrogens is 436 g/mol. The van der Waals surface area contributed by atoms with Gasteiger partial charge in [-0.25, -0.2) is 0 Å². The van der Waals surface area contributed by atoms with Gasteiger partial charge in [0.15, 0.2) is 11.0 Å². The number of nitrogens with zero attached hydrogens (tertiary/aromatic N) is 3. The van der Waals surface area contributed by atoms with E-state index in [0.717, 1.165) is 27.6 Å². The summed E-state index contributed by atoms with van der Waals surface area (Å²) in [5.74, 6) is 0.958. The van der Waals surface area contributed by atoms with Crippen LogP contribution in [-0.4, -0.2) is 26.4 Å². The Labute approximate surface area is 196 Å². The first-order valence-corrected chi connectivity index (χ1v) is 12.3. The molecule has 164 valence electrons. The van der Waals surface area contributed by atoms with E-state index < -0.39 is 0 Å². The first-order valence-electron chi connectivity index (χ1n) is 10.4. The number of hydrogen-bond acceptors (Lipinski definition) is 5. The summed E-state index contributed by atoms with van der Waals surface area (Å²) >= 11 is 3.01. The molecule has 4 aromatic rings. The average molecular weight is 463 g/mol. The standard InChI is InChI=1S/C25H26N4OS2/c1-17-11-13-18(14-12-17)29-23(21-10-7-15-31-21)27-28-24(29)32-16-22(30)26-20-9-6-5-8-19(20)25(2,3)4/h5-15H,16H2,1-4H3,(H,26,30). The van der Waals surface area contributed by atoms with E-state index in [-0.39, 0.29) is 17.1 Å². The van der Waals surface area contributed by atoms with Gasteiger partial charge in [0.25, 0.3) is 0 Å². The van der Waals surface area contributed by atoms with Crippen LogP contribution in [0.3, 0.4) is 0 Å². The highest BCUT2D eigenvalue weighted by molar-refractivity contribution is 7.99. The summed E-state index contributed by atoms with van der Waals surface area (Å²) in [4.78, 5) is 13.8. The summed E-state index contributed by atoms with van der Waals surface area (Å²) in [7, 11) is 0. The summed E-state index contributed by atoms with van der Waals surface area (Å²) in [5.41, 5.74) is 4.07. The molecule has 0 radical (unpaired) electrons. The first kappa shape index (κ1) is 22.3. The Bertz CT molecular complexity index is 1210. The molecule has 0 spiro atoms. The predicted octanol–water partition coefficient (Wildman–Crippen LogP) is 6.33. The predicted molar refractivity (Wildman–Crippen MR) is 134 cm³/mol. The number of carbonyl (C=O) groups excluding carboxylic acids is 1. The van der Waals surface area contributed by atoms with E-state index in [1.807, 2.05) is 40.3 Å². The summed E-state index contributed by atoms with van der Waals surface area (Å²) in [5, 5.41) is 14.6. The zero-order valence-corrected chi connectivity index (χ0v) is 20.3. The Morgan fingerprint density at radius 3 is 2.47 bits per heavy atom. The minimum Gasteiger partial charge on any atom is -0.325 e. The maximum absolute atomic E-state index is 12.8. The van der Waals surface area contributed by atoms with Gasteiger partial charge in [-0.2, -0.15) is 0 Å². The van der Waals surface area contributed by atoms with Crippen molar-refractivity contribution in [1.82, 2.24) is 14.8 Å². The molecule has 1 N–H and O–H groups in total. The zero-order chi connectivity index (χ0) is 22.7. The highest BCUT2D eigenvalue weighted by atomic mass is 32.2. The minimum absolute atomic E-state index is 0.0573. The molecule has 0 bridgehead atoms.